The molecule has 1 aliphatic rings. The monoisotopic (exact) mass is 238 g/mol. The number of thiophene rings is 1. The van der Waals surface area contributed by atoms with Crippen molar-refractivity contribution in [1.29, 1.82) is 0 Å². The topological polar surface area (TPSA) is 38.0 Å². The maximum absolute atomic E-state index is 5.75. The molecule has 3 heteroatoms. The van der Waals surface area contributed by atoms with Gasteiger partial charge in [-0.1, -0.05) is 19.8 Å². The smallest absolute Gasteiger partial charge is 0.0499 e. The van der Waals surface area contributed by atoms with Crippen molar-refractivity contribution in [3.8, 4) is 0 Å². The number of nitrogens with one attached hydrogen (secondary N) is 1. The molecule has 0 aliphatic heterocycles. The predicted octanol–water partition coefficient (Wildman–Crippen LogP) is 3.39. The lowest BCUT2D eigenvalue weighted by Crippen LogP contribution is -2.35. The van der Waals surface area contributed by atoms with Crippen LogP contribution in [0.15, 0.2) is 10.8 Å². The minimum atomic E-state index is 0.360. The van der Waals surface area contributed by atoms with Crippen molar-refractivity contribution in [2.75, 3.05) is 0 Å². The van der Waals surface area contributed by atoms with E-state index in [2.05, 4.69) is 30.0 Å². The third kappa shape index (κ3) is 2.47. The first-order chi connectivity index (χ1) is 7.72. The van der Waals surface area contributed by atoms with E-state index in [0.717, 1.165) is 11.8 Å². The van der Waals surface area contributed by atoms with Crippen LogP contribution in [0.1, 0.15) is 49.8 Å². The summed E-state index contributed by atoms with van der Waals surface area (Å²) in [6, 6.07) is 0.360. The van der Waals surface area contributed by atoms with E-state index in [4.69, 9.17) is 5.84 Å². The molecule has 1 unspecified atom stereocenters. The lowest BCUT2D eigenvalue weighted by molar-refractivity contribution is 0.232. The van der Waals surface area contributed by atoms with E-state index in [9.17, 15) is 0 Å². The molecule has 0 saturated heterocycles. The van der Waals surface area contributed by atoms with Crippen LogP contribution in [0.4, 0.5) is 0 Å². The second-order valence-corrected chi connectivity index (χ2v) is 5.92. The van der Waals surface area contributed by atoms with Gasteiger partial charge in [-0.3, -0.25) is 11.3 Å². The first-order valence-electron chi connectivity index (χ1n) is 6.21. The van der Waals surface area contributed by atoms with E-state index < -0.39 is 0 Å². The molecule has 1 aliphatic carbocycles. The van der Waals surface area contributed by atoms with Crippen LogP contribution in [0.5, 0.6) is 0 Å². The zero-order valence-electron chi connectivity index (χ0n) is 10.2. The maximum atomic E-state index is 5.75. The van der Waals surface area contributed by atoms with Crippen LogP contribution in [0.25, 0.3) is 0 Å². The second-order valence-electron chi connectivity index (χ2n) is 5.17. The number of aryl methyl sites for hydroxylation is 1. The summed E-state index contributed by atoms with van der Waals surface area (Å²) in [5.41, 5.74) is 5.83. The Morgan fingerprint density at radius 2 is 2.00 bits per heavy atom. The summed E-state index contributed by atoms with van der Waals surface area (Å²) in [4.78, 5) is 0. The van der Waals surface area contributed by atoms with E-state index >= 15 is 0 Å². The first-order valence-corrected chi connectivity index (χ1v) is 7.15. The fourth-order valence-corrected chi connectivity index (χ4v) is 3.68. The molecule has 0 bridgehead atoms. The van der Waals surface area contributed by atoms with Gasteiger partial charge < -0.3 is 0 Å². The molecule has 0 spiro atoms. The van der Waals surface area contributed by atoms with Crippen molar-refractivity contribution in [3.63, 3.8) is 0 Å². The zero-order chi connectivity index (χ0) is 11.5. The molecule has 1 aromatic heterocycles. The fraction of sp³-hybridized carbons (Fsp3) is 0.692. The molecule has 1 aromatic rings. The molecule has 3 N–H and O–H groups in total. The molecule has 16 heavy (non-hydrogen) atoms. The van der Waals surface area contributed by atoms with Gasteiger partial charge in [0.15, 0.2) is 0 Å². The lowest BCUT2D eigenvalue weighted by atomic mass is 9.77. The normalized spacial score (nSPS) is 27.9. The van der Waals surface area contributed by atoms with Gasteiger partial charge in [0.05, 0.1) is 0 Å². The Morgan fingerprint density at radius 1 is 1.31 bits per heavy atom. The summed E-state index contributed by atoms with van der Waals surface area (Å²) >= 11 is 1.78. The molecule has 2 nitrogen and oxygen atoms in total. The molecule has 2 rings (SSSR count). The zero-order valence-corrected chi connectivity index (χ0v) is 11.0. The Labute approximate surface area is 102 Å². The Bertz CT molecular complexity index is 326. The molecule has 0 amide bonds. The van der Waals surface area contributed by atoms with Gasteiger partial charge in [0, 0.05) is 6.04 Å². The summed E-state index contributed by atoms with van der Waals surface area (Å²) in [7, 11) is 0. The van der Waals surface area contributed by atoms with Gasteiger partial charge in [-0.2, -0.15) is 11.3 Å². The third-order valence-corrected chi connectivity index (χ3v) is 4.82. The van der Waals surface area contributed by atoms with Crippen molar-refractivity contribution in [2.45, 2.75) is 45.6 Å². The van der Waals surface area contributed by atoms with Crippen molar-refractivity contribution < 1.29 is 0 Å². The largest absolute Gasteiger partial charge is 0.271 e. The highest BCUT2D eigenvalue weighted by atomic mass is 32.1. The van der Waals surface area contributed by atoms with Crippen LogP contribution < -0.4 is 11.3 Å². The Kier molecular flexibility index (Phi) is 4.00. The van der Waals surface area contributed by atoms with Crippen molar-refractivity contribution in [2.24, 2.45) is 17.7 Å². The number of hydrazine groups is 1. The molecular weight excluding hydrogens is 216 g/mol. The molecule has 1 atom stereocenters. The standard InChI is InChI=1S/C13H22N2S/c1-9-3-5-11(6-4-9)13(15-14)12-8-16-7-10(12)2/h7-9,11,13,15H,3-6,14H2,1-2H3. The molecule has 1 saturated carbocycles. The molecule has 0 aromatic carbocycles. The van der Waals surface area contributed by atoms with Crippen LogP contribution in [0, 0.1) is 18.8 Å². The SMILES string of the molecule is Cc1cscc1C(NN)C1CCC(C)CC1. The molecule has 90 valence electrons. The van der Waals surface area contributed by atoms with Gasteiger partial charge in [-0.25, -0.2) is 0 Å². The summed E-state index contributed by atoms with van der Waals surface area (Å²) in [6.45, 7) is 4.54. The van der Waals surface area contributed by atoms with Crippen LogP contribution in [0.3, 0.4) is 0 Å². The van der Waals surface area contributed by atoms with Crippen molar-refractivity contribution in [1.82, 2.24) is 5.43 Å². The van der Waals surface area contributed by atoms with E-state index in [1.807, 2.05) is 0 Å². The minimum absolute atomic E-state index is 0.360. The Morgan fingerprint density at radius 3 is 2.50 bits per heavy atom. The number of hydrogen-bond acceptors (Lipinski definition) is 3. The number of hydrogen-bond donors (Lipinski definition) is 2. The van der Waals surface area contributed by atoms with Crippen LogP contribution >= 0.6 is 11.3 Å². The second kappa shape index (κ2) is 5.30. The van der Waals surface area contributed by atoms with Gasteiger partial charge >= 0.3 is 0 Å². The maximum Gasteiger partial charge on any atom is 0.0499 e. The number of nitrogens with two attached hydrogens (primary N) is 1. The highest BCUT2D eigenvalue weighted by Crippen LogP contribution is 2.37. The van der Waals surface area contributed by atoms with Gasteiger partial charge in [0.1, 0.15) is 0 Å². The summed E-state index contributed by atoms with van der Waals surface area (Å²) in [5, 5.41) is 4.46. The number of rotatable bonds is 3. The van der Waals surface area contributed by atoms with Crippen LogP contribution in [0.2, 0.25) is 0 Å². The summed E-state index contributed by atoms with van der Waals surface area (Å²) < 4.78 is 0. The molecular formula is C13H22N2S. The highest BCUT2D eigenvalue weighted by molar-refractivity contribution is 7.08. The average Bonchev–Trinajstić information content (AvgIpc) is 2.69. The van der Waals surface area contributed by atoms with Gasteiger partial charge in [0.2, 0.25) is 0 Å². The van der Waals surface area contributed by atoms with E-state index in [-0.39, 0.29) is 0 Å². The van der Waals surface area contributed by atoms with E-state index in [1.165, 1.54) is 36.8 Å². The highest BCUT2D eigenvalue weighted by Gasteiger charge is 2.27. The minimum Gasteiger partial charge on any atom is -0.271 e. The summed E-state index contributed by atoms with van der Waals surface area (Å²) in [6.07, 6.45) is 5.33. The molecule has 1 heterocycles. The predicted molar refractivity (Wildman–Crippen MR) is 70.2 cm³/mol. The van der Waals surface area contributed by atoms with Crippen LogP contribution in [-0.2, 0) is 0 Å². The first kappa shape index (κ1) is 12.1. The van der Waals surface area contributed by atoms with E-state index in [1.54, 1.807) is 11.3 Å². The fourth-order valence-electron chi connectivity index (χ4n) is 2.79. The van der Waals surface area contributed by atoms with E-state index in [0.29, 0.717) is 6.04 Å². The van der Waals surface area contributed by atoms with Crippen LogP contribution in [-0.4, -0.2) is 0 Å². The average molecular weight is 238 g/mol. The Hall–Kier alpha value is -0.380. The quantitative estimate of drug-likeness (QED) is 0.626. The summed E-state index contributed by atoms with van der Waals surface area (Å²) in [5.74, 6) is 7.37. The van der Waals surface area contributed by atoms with Gasteiger partial charge in [-0.05, 0) is 53.5 Å². The Balaban J connectivity index is 2.08. The van der Waals surface area contributed by atoms with Crippen molar-refractivity contribution >= 4 is 11.3 Å². The lowest BCUT2D eigenvalue weighted by Gasteiger charge is -2.32. The van der Waals surface area contributed by atoms with Gasteiger partial charge in [-0.15, -0.1) is 0 Å². The third-order valence-electron chi connectivity index (χ3n) is 3.94. The molecule has 0 radical (unpaired) electrons. The molecule has 1 fully saturated rings. The van der Waals surface area contributed by atoms with Crippen molar-refractivity contribution in [3.05, 3.63) is 21.9 Å². The van der Waals surface area contributed by atoms with Gasteiger partial charge in [0.25, 0.3) is 0 Å².